The van der Waals surface area contributed by atoms with Crippen molar-refractivity contribution in [1.82, 2.24) is 4.98 Å². The Bertz CT molecular complexity index is 361. The highest BCUT2D eigenvalue weighted by atomic mass is 16.2. The van der Waals surface area contributed by atoms with Crippen LogP contribution in [0.2, 0.25) is 0 Å². The number of nitrogens with one attached hydrogen (secondary N) is 1. The minimum Gasteiger partial charge on any atom is -0.329 e. The second kappa shape index (κ2) is 4.40. The number of aryl methyl sites for hydroxylation is 1. The fourth-order valence-corrected chi connectivity index (χ4v) is 0.986. The maximum Gasteiger partial charge on any atom is 0.232 e. The van der Waals surface area contributed by atoms with E-state index in [4.69, 9.17) is 5.73 Å². The van der Waals surface area contributed by atoms with Crippen LogP contribution in [0.1, 0.15) is 19.4 Å². The molecule has 0 saturated carbocycles. The number of anilines is 1. The van der Waals surface area contributed by atoms with E-state index in [9.17, 15) is 4.79 Å². The molecule has 4 nitrogen and oxygen atoms in total. The number of pyridine rings is 1. The number of rotatable bonds is 3. The molecule has 4 heteroatoms. The van der Waals surface area contributed by atoms with Gasteiger partial charge in [-0.25, -0.2) is 4.98 Å². The van der Waals surface area contributed by atoms with E-state index < -0.39 is 5.41 Å². The van der Waals surface area contributed by atoms with Gasteiger partial charge in [-0.15, -0.1) is 0 Å². The number of hydrogen-bond donors (Lipinski definition) is 2. The highest BCUT2D eigenvalue weighted by molar-refractivity contribution is 5.94. The summed E-state index contributed by atoms with van der Waals surface area (Å²) in [6, 6.07) is 3.73. The van der Waals surface area contributed by atoms with Gasteiger partial charge in [-0.3, -0.25) is 4.79 Å². The van der Waals surface area contributed by atoms with Crippen LogP contribution >= 0.6 is 0 Å². The maximum atomic E-state index is 11.8. The molecule has 0 fully saturated rings. The summed E-state index contributed by atoms with van der Waals surface area (Å²) < 4.78 is 0. The van der Waals surface area contributed by atoms with Gasteiger partial charge in [-0.1, -0.05) is 6.07 Å². The Morgan fingerprint density at radius 1 is 1.60 bits per heavy atom. The molecule has 0 aromatic carbocycles. The first-order valence-corrected chi connectivity index (χ1v) is 4.90. The average molecular weight is 207 g/mol. The van der Waals surface area contributed by atoms with Crippen LogP contribution in [0.25, 0.3) is 0 Å². The fraction of sp³-hybridized carbons (Fsp3) is 0.455. The average Bonchev–Trinajstić information content (AvgIpc) is 2.21. The maximum absolute atomic E-state index is 11.8. The van der Waals surface area contributed by atoms with E-state index in [1.807, 2.05) is 19.1 Å². The van der Waals surface area contributed by atoms with E-state index in [0.29, 0.717) is 12.4 Å². The van der Waals surface area contributed by atoms with Crippen LogP contribution in [0.4, 0.5) is 5.82 Å². The van der Waals surface area contributed by atoms with Gasteiger partial charge in [0.15, 0.2) is 0 Å². The number of hydrogen-bond acceptors (Lipinski definition) is 3. The summed E-state index contributed by atoms with van der Waals surface area (Å²) in [6.45, 7) is 5.82. The Hall–Kier alpha value is -1.42. The highest BCUT2D eigenvalue weighted by Crippen LogP contribution is 2.17. The Labute approximate surface area is 89.9 Å². The third-order valence-electron chi connectivity index (χ3n) is 2.37. The normalized spacial score (nSPS) is 11.2. The summed E-state index contributed by atoms with van der Waals surface area (Å²) in [5.41, 5.74) is 5.90. The molecule has 3 N–H and O–H groups in total. The van der Waals surface area contributed by atoms with E-state index >= 15 is 0 Å². The lowest BCUT2D eigenvalue weighted by Gasteiger charge is -2.21. The van der Waals surface area contributed by atoms with Crippen molar-refractivity contribution in [2.75, 3.05) is 11.9 Å². The van der Waals surface area contributed by atoms with Crippen LogP contribution in [0.5, 0.6) is 0 Å². The summed E-state index contributed by atoms with van der Waals surface area (Å²) >= 11 is 0. The molecule has 82 valence electrons. The van der Waals surface area contributed by atoms with Crippen molar-refractivity contribution in [2.45, 2.75) is 20.8 Å². The highest BCUT2D eigenvalue weighted by Gasteiger charge is 2.26. The first kappa shape index (κ1) is 11.7. The van der Waals surface area contributed by atoms with Gasteiger partial charge in [0.25, 0.3) is 0 Å². The van der Waals surface area contributed by atoms with Gasteiger partial charge in [0.2, 0.25) is 5.91 Å². The molecule has 0 aliphatic rings. The molecule has 1 amide bonds. The van der Waals surface area contributed by atoms with E-state index in [-0.39, 0.29) is 5.91 Å². The quantitative estimate of drug-likeness (QED) is 0.785. The molecule has 1 aromatic heterocycles. The topological polar surface area (TPSA) is 68.0 Å². The van der Waals surface area contributed by atoms with Gasteiger partial charge in [0.1, 0.15) is 5.82 Å². The molecule has 1 rings (SSSR count). The third-order valence-corrected chi connectivity index (χ3v) is 2.37. The molecule has 15 heavy (non-hydrogen) atoms. The molecule has 0 aliphatic carbocycles. The first-order chi connectivity index (χ1) is 6.97. The predicted octanol–water partition coefficient (Wildman–Crippen LogP) is 1.31. The predicted molar refractivity (Wildman–Crippen MR) is 60.4 cm³/mol. The van der Waals surface area contributed by atoms with Gasteiger partial charge in [-0.2, -0.15) is 0 Å². The lowest BCUT2D eigenvalue weighted by molar-refractivity contribution is -0.123. The number of nitrogens with zero attached hydrogens (tertiary/aromatic N) is 1. The Kier molecular flexibility index (Phi) is 3.42. The summed E-state index contributed by atoms with van der Waals surface area (Å²) in [5.74, 6) is 0.496. The van der Waals surface area contributed by atoms with Gasteiger partial charge >= 0.3 is 0 Å². The van der Waals surface area contributed by atoms with Crippen LogP contribution in [0.15, 0.2) is 18.3 Å². The van der Waals surface area contributed by atoms with Crippen molar-refractivity contribution >= 4 is 11.7 Å². The molecule has 0 saturated heterocycles. The van der Waals surface area contributed by atoms with Crippen LogP contribution < -0.4 is 11.1 Å². The molecule has 1 aromatic rings. The smallest absolute Gasteiger partial charge is 0.232 e. The summed E-state index contributed by atoms with van der Waals surface area (Å²) in [5, 5.41) is 2.77. The van der Waals surface area contributed by atoms with Crippen LogP contribution in [-0.4, -0.2) is 17.4 Å². The molecule has 0 spiro atoms. The minimum absolute atomic E-state index is 0.105. The number of carbonyl (C=O) groups is 1. The van der Waals surface area contributed by atoms with E-state index in [0.717, 1.165) is 5.56 Å². The van der Waals surface area contributed by atoms with Crippen molar-refractivity contribution in [2.24, 2.45) is 11.1 Å². The van der Waals surface area contributed by atoms with Crippen molar-refractivity contribution in [3.05, 3.63) is 23.9 Å². The molecule has 0 atom stereocenters. The van der Waals surface area contributed by atoms with Crippen LogP contribution in [0, 0.1) is 12.3 Å². The lowest BCUT2D eigenvalue weighted by Crippen LogP contribution is -2.37. The SMILES string of the molecule is Cc1cccnc1NC(=O)C(C)(C)CN. The Morgan fingerprint density at radius 2 is 2.27 bits per heavy atom. The Morgan fingerprint density at radius 3 is 2.80 bits per heavy atom. The Balaban J connectivity index is 2.80. The monoisotopic (exact) mass is 207 g/mol. The fourth-order valence-electron chi connectivity index (χ4n) is 0.986. The molecular formula is C11H17N3O. The van der Waals surface area contributed by atoms with Crippen LogP contribution in [0.3, 0.4) is 0 Å². The van der Waals surface area contributed by atoms with E-state index in [1.165, 1.54) is 0 Å². The molecule has 0 radical (unpaired) electrons. The zero-order valence-electron chi connectivity index (χ0n) is 9.37. The van der Waals surface area contributed by atoms with Crippen molar-refractivity contribution in [3.63, 3.8) is 0 Å². The van der Waals surface area contributed by atoms with Crippen molar-refractivity contribution in [1.29, 1.82) is 0 Å². The third kappa shape index (κ3) is 2.76. The van der Waals surface area contributed by atoms with E-state index in [1.54, 1.807) is 20.0 Å². The largest absolute Gasteiger partial charge is 0.329 e. The number of aromatic nitrogens is 1. The molecular weight excluding hydrogens is 190 g/mol. The minimum atomic E-state index is -0.566. The summed E-state index contributed by atoms with van der Waals surface area (Å²) in [4.78, 5) is 15.9. The van der Waals surface area contributed by atoms with Gasteiger partial charge in [0.05, 0.1) is 5.41 Å². The van der Waals surface area contributed by atoms with E-state index in [2.05, 4.69) is 10.3 Å². The zero-order valence-corrected chi connectivity index (χ0v) is 9.37. The number of nitrogens with two attached hydrogens (primary N) is 1. The van der Waals surface area contributed by atoms with Gasteiger partial charge in [0, 0.05) is 12.7 Å². The van der Waals surface area contributed by atoms with Gasteiger partial charge < -0.3 is 11.1 Å². The first-order valence-electron chi connectivity index (χ1n) is 4.90. The summed E-state index contributed by atoms with van der Waals surface area (Å²) in [6.07, 6.45) is 1.65. The second-order valence-electron chi connectivity index (χ2n) is 4.21. The van der Waals surface area contributed by atoms with Crippen molar-refractivity contribution in [3.8, 4) is 0 Å². The molecule has 0 aliphatic heterocycles. The molecule has 0 bridgehead atoms. The molecule has 0 unspecified atom stereocenters. The van der Waals surface area contributed by atoms with Crippen LogP contribution in [-0.2, 0) is 4.79 Å². The standard InChI is InChI=1S/C11H17N3O/c1-8-5-4-6-13-9(8)14-10(15)11(2,3)7-12/h4-6H,7,12H2,1-3H3,(H,13,14,15). The second-order valence-corrected chi connectivity index (χ2v) is 4.21. The number of carbonyl (C=O) groups excluding carboxylic acids is 1. The lowest BCUT2D eigenvalue weighted by atomic mass is 9.93. The number of amides is 1. The molecule has 1 heterocycles. The van der Waals surface area contributed by atoms with Crippen molar-refractivity contribution < 1.29 is 4.79 Å². The zero-order chi connectivity index (χ0) is 11.5. The van der Waals surface area contributed by atoms with Gasteiger partial charge in [-0.05, 0) is 32.4 Å². The summed E-state index contributed by atoms with van der Waals surface area (Å²) in [7, 11) is 0.